The van der Waals surface area contributed by atoms with Crippen LogP contribution in [0, 0.1) is 6.92 Å². The fourth-order valence-corrected chi connectivity index (χ4v) is 1.83. The van der Waals surface area contributed by atoms with Crippen molar-refractivity contribution in [1.29, 1.82) is 0 Å². The first-order chi connectivity index (χ1) is 10.6. The highest BCUT2D eigenvalue weighted by molar-refractivity contribution is 5.92. The predicted octanol–water partition coefficient (Wildman–Crippen LogP) is 1.09. The van der Waals surface area contributed by atoms with Crippen molar-refractivity contribution in [2.75, 3.05) is 37.4 Å². The zero-order valence-corrected chi connectivity index (χ0v) is 13.0. The Balaban J connectivity index is 1.83. The Morgan fingerprint density at radius 2 is 2.05 bits per heavy atom. The summed E-state index contributed by atoms with van der Waals surface area (Å²) in [5.41, 5.74) is 0.412. The molecule has 0 unspecified atom stereocenters. The van der Waals surface area contributed by atoms with Crippen LogP contribution in [0.3, 0.4) is 0 Å². The summed E-state index contributed by atoms with van der Waals surface area (Å²) in [7, 11) is 3.86. The summed E-state index contributed by atoms with van der Waals surface area (Å²) in [4.78, 5) is 26.4. The number of rotatable bonds is 6. The van der Waals surface area contributed by atoms with E-state index in [-0.39, 0.29) is 5.91 Å². The molecule has 0 saturated heterocycles. The quantitative estimate of drug-likeness (QED) is 0.777. The molecule has 0 aromatic carbocycles. The minimum Gasteiger partial charge on any atom is -0.368 e. The van der Waals surface area contributed by atoms with Gasteiger partial charge in [0, 0.05) is 39.4 Å². The number of pyridine rings is 1. The van der Waals surface area contributed by atoms with Crippen LogP contribution in [0.1, 0.15) is 16.3 Å². The van der Waals surface area contributed by atoms with Crippen molar-refractivity contribution in [3.8, 4) is 0 Å². The summed E-state index contributed by atoms with van der Waals surface area (Å²) in [6.45, 7) is 2.90. The van der Waals surface area contributed by atoms with E-state index in [0.717, 1.165) is 11.6 Å². The summed E-state index contributed by atoms with van der Waals surface area (Å²) in [5, 5.41) is 5.98. The Hall–Kier alpha value is -2.70. The van der Waals surface area contributed by atoms with Crippen LogP contribution in [0.5, 0.6) is 0 Å². The minimum absolute atomic E-state index is 0.185. The smallest absolute Gasteiger partial charge is 0.269 e. The van der Waals surface area contributed by atoms with Gasteiger partial charge in [-0.2, -0.15) is 0 Å². The Kier molecular flexibility index (Phi) is 5.24. The van der Waals surface area contributed by atoms with Crippen LogP contribution in [-0.4, -0.2) is 48.0 Å². The Bertz CT molecular complexity index is 629. The average molecular weight is 300 g/mol. The van der Waals surface area contributed by atoms with Gasteiger partial charge in [-0.15, -0.1) is 0 Å². The summed E-state index contributed by atoms with van der Waals surface area (Å²) in [5.74, 6) is 2.09. The molecule has 0 radical (unpaired) electrons. The zero-order valence-electron chi connectivity index (χ0n) is 13.0. The molecule has 0 saturated carbocycles. The van der Waals surface area contributed by atoms with Crippen LogP contribution in [0.25, 0.3) is 0 Å². The third kappa shape index (κ3) is 4.41. The van der Waals surface area contributed by atoms with Crippen LogP contribution in [-0.2, 0) is 0 Å². The van der Waals surface area contributed by atoms with Gasteiger partial charge in [0.1, 0.15) is 23.2 Å². The molecule has 0 fully saturated rings. The van der Waals surface area contributed by atoms with E-state index in [0.29, 0.717) is 24.6 Å². The second kappa shape index (κ2) is 7.35. The molecule has 2 rings (SSSR count). The van der Waals surface area contributed by atoms with Crippen LogP contribution in [0.2, 0.25) is 0 Å². The van der Waals surface area contributed by atoms with Gasteiger partial charge in [-0.25, -0.2) is 9.97 Å². The van der Waals surface area contributed by atoms with E-state index in [1.165, 1.54) is 0 Å². The fraction of sp³-hybridized carbons (Fsp3) is 0.333. The number of carbonyl (C=O) groups excluding carboxylic acids is 1. The van der Waals surface area contributed by atoms with Crippen LogP contribution in [0.15, 0.2) is 30.5 Å². The molecule has 0 bridgehead atoms. The maximum Gasteiger partial charge on any atom is 0.269 e. The number of aromatic nitrogens is 3. The van der Waals surface area contributed by atoms with Gasteiger partial charge < -0.3 is 15.5 Å². The zero-order chi connectivity index (χ0) is 15.9. The number of carbonyl (C=O) groups is 1. The molecule has 22 heavy (non-hydrogen) atoms. The third-order valence-corrected chi connectivity index (χ3v) is 2.90. The van der Waals surface area contributed by atoms with E-state index < -0.39 is 0 Å². The molecule has 0 spiro atoms. The highest BCUT2D eigenvalue weighted by Gasteiger charge is 2.06. The van der Waals surface area contributed by atoms with E-state index in [1.54, 1.807) is 24.4 Å². The second-order valence-corrected chi connectivity index (χ2v) is 4.95. The van der Waals surface area contributed by atoms with Crippen LogP contribution < -0.4 is 15.5 Å². The van der Waals surface area contributed by atoms with E-state index >= 15 is 0 Å². The largest absolute Gasteiger partial charge is 0.368 e. The number of amides is 1. The van der Waals surface area contributed by atoms with E-state index in [1.807, 2.05) is 32.0 Å². The topological polar surface area (TPSA) is 83.0 Å². The van der Waals surface area contributed by atoms with Gasteiger partial charge in [0.15, 0.2) is 0 Å². The van der Waals surface area contributed by atoms with Gasteiger partial charge in [-0.3, -0.25) is 9.78 Å². The fourth-order valence-electron chi connectivity index (χ4n) is 1.83. The number of hydrogen-bond donors (Lipinski definition) is 2. The summed E-state index contributed by atoms with van der Waals surface area (Å²) in [6.07, 6.45) is 1.60. The first-order valence-corrected chi connectivity index (χ1v) is 7.02. The third-order valence-electron chi connectivity index (χ3n) is 2.90. The van der Waals surface area contributed by atoms with Crippen LogP contribution >= 0.6 is 0 Å². The van der Waals surface area contributed by atoms with Gasteiger partial charge >= 0.3 is 0 Å². The summed E-state index contributed by atoms with van der Waals surface area (Å²) < 4.78 is 0. The predicted molar refractivity (Wildman–Crippen MR) is 86.2 cm³/mol. The van der Waals surface area contributed by atoms with Crippen molar-refractivity contribution < 1.29 is 4.79 Å². The molecule has 7 nitrogen and oxygen atoms in total. The number of nitrogens with zero attached hydrogens (tertiary/aromatic N) is 4. The van der Waals surface area contributed by atoms with Crippen molar-refractivity contribution in [1.82, 2.24) is 20.3 Å². The molecule has 0 aliphatic heterocycles. The highest BCUT2D eigenvalue weighted by atomic mass is 16.1. The van der Waals surface area contributed by atoms with Gasteiger partial charge in [0.05, 0.1) is 0 Å². The van der Waals surface area contributed by atoms with Crippen molar-refractivity contribution in [2.24, 2.45) is 0 Å². The molecule has 1 amide bonds. The first kappa shape index (κ1) is 15.7. The Morgan fingerprint density at radius 3 is 2.73 bits per heavy atom. The highest BCUT2D eigenvalue weighted by Crippen LogP contribution is 2.12. The lowest BCUT2D eigenvalue weighted by atomic mass is 10.3. The van der Waals surface area contributed by atoms with Crippen molar-refractivity contribution in [3.05, 3.63) is 42.0 Å². The Morgan fingerprint density at radius 1 is 1.23 bits per heavy atom. The lowest BCUT2D eigenvalue weighted by Crippen LogP contribution is -2.29. The summed E-state index contributed by atoms with van der Waals surface area (Å²) >= 11 is 0. The Labute approximate surface area is 129 Å². The SMILES string of the molecule is Cc1nc(NCCNC(=O)c2ccccn2)cc(N(C)C)n1. The maximum atomic E-state index is 11.8. The molecule has 7 heteroatoms. The molecule has 2 aromatic heterocycles. The average Bonchev–Trinajstić information content (AvgIpc) is 2.51. The lowest BCUT2D eigenvalue weighted by molar-refractivity contribution is 0.0950. The first-order valence-electron chi connectivity index (χ1n) is 7.02. The normalized spacial score (nSPS) is 10.1. The molecule has 2 aromatic rings. The van der Waals surface area contributed by atoms with Gasteiger partial charge in [-0.1, -0.05) is 6.07 Å². The van der Waals surface area contributed by atoms with E-state index in [2.05, 4.69) is 25.6 Å². The molecule has 0 atom stereocenters. The number of hydrogen-bond acceptors (Lipinski definition) is 6. The van der Waals surface area contributed by atoms with Crippen molar-refractivity contribution in [2.45, 2.75) is 6.92 Å². The summed E-state index contributed by atoms with van der Waals surface area (Å²) in [6, 6.07) is 7.11. The van der Waals surface area contributed by atoms with Crippen LogP contribution in [0.4, 0.5) is 11.6 Å². The number of anilines is 2. The molecule has 116 valence electrons. The second-order valence-electron chi connectivity index (χ2n) is 4.95. The van der Waals surface area contributed by atoms with Gasteiger partial charge in [0.25, 0.3) is 5.91 Å². The standard InChI is InChI=1S/C15H20N6O/c1-11-19-13(10-14(20-11)21(2)3)17-8-9-18-15(22)12-6-4-5-7-16-12/h4-7,10H,8-9H2,1-3H3,(H,18,22)(H,17,19,20). The molecule has 0 aliphatic carbocycles. The van der Waals surface area contributed by atoms with E-state index in [9.17, 15) is 4.79 Å². The van der Waals surface area contributed by atoms with Crippen molar-refractivity contribution in [3.63, 3.8) is 0 Å². The number of aryl methyl sites for hydroxylation is 1. The monoisotopic (exact) mass is 300 g/mol. The number of nitrogens with one attached hydrogen (secondary N) is 2. The molecule has 0 aliphatic rings. The maximum absolute atomic E-state index is 11.8. The minimum atomic E-state index is -0.185. The van der Waals surface area contributed by atoms with Crippen molar-refractivity contribution >= 4 is 17.5 Å². The molecular weight excluding hydrogens is 280 g/mol. The molecule has 2 N–H and O–H groups in total. The van der Waals surface area contributed by atoms with Gasteiger partial charge in [-0.05, 0) is 19.1 Å². The molecular formula is C15H20N6O. The van der Waals surface area contributed by atoms with E-state index in [4.69, 9.17) is 0 Å². The van der Waals surface area contributed by atoms with Gasteiger partial charge in [0.2, 0.25) is 0 Å². The lowest BCUT2D eigenvalue weighted by Gasteiger charge is -2.14. The molecule has 2 heterocycles.